The standard InChI is InChI=1S/C13H10BrClN2O3/c1-2-7-6-17(16-11(12(7)18)13(19)20)10-4-3-8(14)5-9(10)15/h3-6H,2H2,1H3,(H,19,20). The highest BCUT2D eigenvalue weighted by Gasteiger charge is 2.16. The van der Waals surface area contributed by atoms with Crippen molar-refractivity contribution in [3.8, 4) is 5.69 Å². The quantitative estimate of drug-likeness (QED) is 0.917. The summed E-state index contributed by atoms with van der Waals surface area (Å²) >= 11 is 9.40. The highest BCUT2D eigenvalue weighted by Crippen LogP contribution is 2.24. The molecule has 2 aromatic rings. The monoisotopic (exact) mass is 356 g/mol. The van der Waals surface area contributed by atoms with Crippen LogP contribution in [0.25, 0.3) is 5.69 Å². The van der Waals surface area contributed by atoms with Crippen LogP contribution >= 0.6 is 27.5 Å². The number of hydrogen-bond acceptors (Lipinski definition) is 3. The van der Waals surface area contributed by atoms with E-state index >= 15 is 0 Å². The lowest BCUT2D eigenvalue weighted by molar-refractivity contribution is 0.0686. The highest BCUT2D eigenvalue weighted by molar-refractivity contribution is 9.10. The van der Waals surface area contributed by atoms with Crippen molar-refractivity contribution >= 4 is 33.5 Å². The van der Waals surface area contributed by atoms with E-state index in [2.05, 4.69) is 21.0 Å². The van der Waals surface area contributed by atoms with E-state index in [0.717, 1.165) is 4.47 Å². The van der Waals surface area contributed by atoms with Crippen LogP contribution in [0.1, 0.15) is 23.0 Å². The van der Waals surface area contributed by atoms with Gasteiger partial charge in [0.2, 0.25) is 11.1 Å². The van der Waals surface area contributed by atoms with Crippen molar-refractivity contribution in [3.63, 3.8) is 0 Å². The first-order valence-electron chi connectivity index (χ1n) is 5.75. The normalized spacial score (nSPS) is 10.6. The molecule has 0 unspecified atom stereocenters. The zero-order valence-electron chi connectivity index (χ0n) is 10.4. The lowest BCUT2D eigenvalue weighted by atomic mass is 10.2. The number of aromatic nitrogens is 2. The zero-order valence-corrected chi connectivity index (χ0v) is 12.8. The molecule has 104 valence electrons. The molecule has 1 N–H and O–H groups in total. The van der Waals surface area contributed by atoms with Gasteiger partial charge in [0.15, 0.2) is 0 Å². The average molecular weight is 358 g/mol. The van der Waals surface area contributed by atoms with Crippen molar-refractivity contribution in [2.75, 3.05) is 0 Å². The molecule has 0 atom stereocenters. The van der Waals surface area contributed by atoms with Crippen molar-refractivity contribution in [3.05, 3.63) is 55.4 Å². The van der Waals surface area contributed by atoms with Crippen LogP contribution in [0.3, 0.4) is 0 Å². The number of halogens is 2. The maximum absolute atomic E-state index is 11.9. The molecule has 0 aliphatic heterocycles. The Bertz CT molecular complexity index is 743. The fourth-order valence-corrected chi connectivity index (χ4v) is 2.48. The maximum atomic E-state index is 11.9. The topological polar surface area (TPSA) is 72.2 Å². The Morgan fingerprint density at radius 1 is 1.50 bits per heavy atom. The van der Waals surface area contributed by atoms with Crippen molar-refractivity contribution in [1.29, 1.82) is 0 Å². The molecule has 1 heterocycles. The van der Waals surface area contributed by atoms with Crippen LogP contribution in [0.4, 0.5) is 0 Å². The number of carbonyl (C=O) groups is 1. The van der Waals surface area contributed by atoms with Gasteiger partial charge in [0.05, 0.1) is 10.7 Å². The lowest BCUT2D eigenvalue weighted by Gasteiger charge is -2.10. The van der Waals surface area contributed by atoms with Gasteiger partial charge in [-0.25, -0.2) is 9.48 Å². The molecule has 0 aliphatic carbocycles. The summed E-state index contributed by atoms with van der Waals surface area (Å²) in [6.07, 6.45) is 1.92. The fraction of sp³-hybridized carbons (Fsp3) is 0.154. The van der Waals surface area contributed by atoms with Gasteiger partial charge in [-0.3, -0.25) is 4.79 Å². The number of carboxylic acid groups (broad SMARTS) is 1. The van der Waals surface area contributed by atoms with E-state index in [9.17, 15) is 9.59 Å². The van der Waals surface area contributed by atoms with E-state index in [1.165, 1.54) is 10.9 Å². The lowest BCUT2D eigenvalue weighted by Crippen LogP contribution is -2.24. The molecule has 1 aromatic carbocycles. The van der Waals surface area contributed by atoms with Crippen LogP contribution in [0.15, 0.2) is 33.7 Å². The number of aromatic carboxylic acids is 1. The smallest absolute Gasteiger partial charge is 0.360 e. The van der Waals surface area contributed by atoms with Gasteiger partial charge in [-0.15, -0.1) is 0 Å². The van der Waals surface area contributed by atoms with Crippen molar-refractivity contribution in [2.24, 2.45) is 0 Å². The minimum atomic E-state index is -1.35. The largest absolute Gasteiger partial charge is 0.476 e. The first kappa shape index (κ1) is 14.7. The zero-order chi connectivity index (χ0) is 14.9. The van der Waals surface area contributed by atoms with Crippen molar-refractivity contribution in [2.45, 2.75) is 13.3 Å². The number of aryl methyl sites for hydroxylation is 1. The van der Waals surface area contributed by atoms with Gasteiger partial charge >= 0.3 is 5.97 Å². The van der Waals surface area contributed by atoms with Gasteiger partial charge in [-0.1, -0.05) is 34.5 Å². The van der Waals surface area contributed by atoms with Gasteiger partial charge in [0.25, 0.3) is 0 Å². The van der Waals surface area contributed by atoms with Crippen LogP contribution in [0.5, 0.6) is 0 Å². The number of rotatable bonds is 3. The summed E-state index contributed by atoms with van der Waals surface area (Å²) in [7, 11) is 0. The Balaban J connectivity index is 2.71. The molecule has 20 heavy (non-hydrogen) atoms. The molecule has 0 fully saturated rings. The average Bonchev–Trinajstić information content (AvgIpc) is 2.39. The second-order valence-corrected chi connectivity index (χ2v) is 5.35. The summed E-state index contributed by atoms with van der Waals surface area (Å²) in [6.45, 7) is 1.77. The summed E-state index contributed by atoms with van der Waals surface area (Å²) in [4.78, 5) is 23.0. The molecule has 0 amide bonds. The van der Waals surface area contributed by atoms with Gasteiger partial charge in [-0.2, -0.15) is 5.10 Å². The molecular weight excluding hydrogens is 348 g/mol. The van der Waals surface area contributed by atoms with Crippen LogP contribution in [0.2, 0.25) is 5.02 Å². The predicted octanol–water partition coefficient (Wildman–Crippen LogP) is 2.91. The molecule has 1 aromatic heterocycles. The Kier molecular flexibility index (Phi) is 4.25. The molecule has 7 heteroatoms. The summed E-state index contributed by atoms with van der Waals surface area (Å²) in [5.41, 5.74) is -0.198. The van der Waals surface area contributed by atoms with E-state index in [4.69, 9.17) is 16.7 Å². The van der Waals surface area contributed by atoms with E-state index in [1.54, 1.807) is 25.1 Å². The fourth-order valence-electron chi connectivity index (χ4n) is 1.72. The molecule has 0 spiro atoms. The molecule has 0 saturated carbocycles. The summed E-state index contributed by atoms with van der Waals surface area (Å²) in [5.74, 6) is -1.35. The third kappa shape index (κ3) is 2.76. The molecular formula is C13H10BrClN2O3. The van der Waals surface area contributed by atoms with E-state index in [0.29, 0.717) is 22.7 Å². The van der Waals surface area contributed by atoms with Gasteiger partial charge in [0.1, 0.15) is 0 Å². The third-order valence-corrected chi connectivity index (χ3v) is 3.53. The van der Waals surface area contributed by atoms with Crippen LogP contribution < -0.4 is 5.43 Å². The Morgan fingerprint density at radius 2 is 2.20 bits per heavy atom. The van der Waals surface area contributed by atoms with Gasteiger partial charge in [0, 0.05) is 16.2 Å². The summed E-state index contributed by atoms with van der Waals surface area (Å²) in [5, 5.41) is 13.3. The maximum Gasteiger partial charge on any atom is 0.360 e. The molecule has 0 radical (unpaired) electrons. The second kappa shape index (κ2) is 5.76. The molecule has 5 nitrogen and oxygen atoms in total. The molecule has 0 saturated heterocycles. The van der Waals surface area contributed by atoms with Crippen molar-refractivity contribution < 1.29 is 9.90 Å². The van der Waals surface area contributed by atoms with Gasteiger partial charge in [-0.05, 0) is 24.6 Å². The number of nitrogens with zero attached hydrogens (tertiary/aromatic N) is 2. The Hall–Kier alpha value is -1.66. The van der Waals surface area contributed by atoms with E-state index in [-0.39, 0.29) is 0 Å². The first-order valence-corrected chi connectivity index (χ1v) is 6.92. The Morgan fingerprint density at radius 3 is 2.75 bits per heavy atom. The molecule has 0 aliphatic rings. The SMILES string of the molecule is CCc1cn(-c2ccc(Br)cc2Cl)nc(C(=O)O)c1=O. The van der Waals surface area contributed by atoms with Crippen LogP contribution in [-0.2, 0) is 6.42 Å². The second-order valence-electron chi connectivity index (χ2n) is 4.03. The number of carboxylic acids is 1. The predicted molar refractivity (Wildman–Crippen MR) is 78.9 cm³/mol. The highest BCUT2D eigenvalue weighted by atomic mass is 79.9. The third-order valence-electron chi connectivity index (χ3n) is 2.73. The van der Waals surface area contributed by atoms with Crippen LogP contribution in [-0.4, -0.2) is 20.9 Å². The molecule has 0 bridgehead atoms. The first-order chi connectivity index (χ1) is 9.43. The number of benzene rings is 1. The summed E-state index contributed by atoms with van der Waals surface area (Å²) in [6, 6.07) is 5.12. The Labute approximate surface area is 127 Å². The minimum Gasteiger partial charge on any atom is -0.476 e. The van der Waals surface area contributed by atoms with E-state index < -0.39 is 17.1 Å². The summed E-state index contributed by atoms with van der Waals surface area (Å²) < 4.78 is 2.11. The van der Waals surface area contributed by atoms with E-state index in [1.807, 2.05) is 0 Å². The number of hydrogen-bond donors (Lipinski definition) is 1. The van der Waals surface area contributed by atoms with Crippen molar-refractivity contribution in [1.82, 2.24) is 9.78 Å². The minimum absolute atomic E-state index is 0.372. The molecule has 2 rings (SSSR count). The van der Waals surface area contributed by atoms with Gasteiger partial charge < -0.3 is 5.11 Å². The van der Waals surface area contributed by atoms with Crippen LogP contribution in [0, 0.1) is 0 Å².